The molecule has 0 heterocycles. The fourth-order valence-corrected chi connectivity index (χ4v) is 2.00. The topological polar surface area (TPSA) is 84.9 Å². The van der Waals surface area contributed by atoms with Gasteiger partial charge in [0.1, 0.15) is 12.2 Å². The van der Waals surface area contributed by atoms with Crippen LogP contribution in [-0.4, -0.2) is 42.4 Å². The Labute approximate surface area is 143 Å². The van der Waals surface area contributed by atoms with E-state index < -0.39 is 11.6 Å². The number of carboxylic acid groups (broad SMARTS) is 1. The lowest BCUT2D eigenvalue weighted by Gasteiger charge is -2.19. The third-order valence-corrected chi connectivity index (χ3v) is 3.07. The fraction of sp³-hybridized carbons (Fsp3) is 0.556. The Morgan fingerprint density at radius 2 is 1.75 bits per heavy atom. The minimum atomic E-state index is -0.923. The first-order valence-electron chi connectivity index (χ1n) is 8.15. The molecule has 0 amide bonds. The normalized spacial score (nSPS) is 11.1. The summed E-state index contributed by atoms with van der Waals surface area (Å²) < 4.78 is 10.4. The summed E-state index contributed by atoms with van der Waals surface area (Å²) in [5.74, 6) is -1.26. The number of hydrogen-bond acceptors (Lipinski definition) is 5. The van der Waals surface area contributed by atoms with Crippen LogP contribution in [0.25, 0.3) is 0 Å². The van der Waals surface area contributed by atoms with Crippen molar-refractivity contribution in [2.75, 3.05) is 25.1 Å². The van der Waals surface area contributed by atoms with Crippen LogP contribution in [0.1, 0.15) is 50.4 Å². The van der Waals surface area contributed by atoms with Gasteiger partial charge in [0.25, 0.3) is 0 Å². The number of ether oxygens (including phenoxy) is 2. The maximum atomic E-state index is 11.4. The van der Waals surface area contributed by atoms with Gasteiger partial charge in [0.05, 0.1) is 5.56 Å². The first kappa shape index (κ1) is 20.0. The van der Waals surface area contributed by atoms with Crippen molar-refractivity contribution in [3.05, 3.63) is 29.8 Å². The predicted octanol–water partition coefficient (Wildman–Crippen LogP) is 3.33. The van der Waals surface area contributed by atoms with Crippen LogP contribution in [0.3, 0.4) is 0 Å². The molecule has 0 unspecified atom stereocenters. The summed E-state index contributed by atoms with van der Waals surface area (Å²) in [7, 11) is 0. The van der Waals surface area contributed by atoms with Gasteiger partial charge < -0.3 is 19.9 Å². The second-order valence-corrected chi connectivity index (χ2v) is 6.51. The second kappa shape index (κ2) is 9.93. The number of rotatable bonds is 10. The SMILES string of the molecule is CC(C)(C)OC(=O)COCCCCCNc1ccc(C(=O)O)cc1. The molecule has 0 radical (unpaired) electrons. The number of hydrogen-bond donors (Lipinski definition) is 2. The van der Waals surface area contributed by atoms with E-state index >= 15 is 0 Å². The lowest BCUT2D eigenvalue weighted by molar-refractivity contribution is -0.160. The van der Waals surface area contributed by atoms with Gasteiger partial charge in [-0.05, 0) is 64.3 Å². The second-order valence-electron chi connectivity index (χ2n) is 6.51. The zero-order valence-electron chi connectivity index (χ0n) is 14.6. The van der Waals surface area contributed by atoms with Crippen LogP contribution in [-0.2, 0) is 14.3 Å². The van der Waals surface area contributed by atoms with Crippen molar-refractivity contribution in [3.8, 4) is 0 Å². The molecule has 0 saturated heterocycles. The summed E-state index contributed by atoms with van der Waals surface area (Å²) in [6, 6.07) is 6.67. The summed E-state index contributed by atoms with van der Waals surface area (Å²) >= 11 is 0. The zero-order chi connectivity index (χ0) is 18.0. The molecule has 1 rings (SSSR count). The molecule has 0 aliphatic heterocycles. The molecule has 1 aromatic rings. The summed E-state index contributed by atoms with van der Waals surface area (Å²) in [6.45, 7) is 6.81. The largest absolute Gasteiger partial charge is 0.478 e. The zero-order valence-corrected chi connectivity index (χ0v) is 14.6. The summed E-state index contributed by atoms with van der Waals surface area (Å²) in [4.78, 5) is 22.2. The Hall–Kier alpha value is -2.08. The van der Waals surface area contributed by atoms with E-state index in [4.69, 9.17) is 14.6 Å². The number of carboxylic acids is 1. The summed E-state index contributed by atoms with van der Waals surface area (Å²) in [6.07, 6.45) is 2.83. The van der Waals surface area contributed by atoms with E-state index in [0.29, 0.717) is 6.61 Å². The third-order valence-electron chi connectivity index (χ3n) is 3.07. The van der Waals surface area contributed by atoms with Crippen LogP contribution < -0.4 is 5.32 Å². The monoisotopic (exact) mass is 337 g/mol. The molecular formula is C18H27NO5. The van der Waals surface area contributed by atoms with Crippen molar-refractivity contribution < 1.29 is 24.2 Å². The van der Waals surface area contributed by atoms with Gasteiger partial charge in [0, 0.05) is 18.8 Å². The van der Waals surface area contributed by atoms with Crippen LogP contribution in [0.2, 0.25) is 0 Å². The number of carbonyl (C=O) groups excluding carboxylic acids is 1. The molecule has 0 aromatic heterocycles. The van der Waals surface area contributed by atoms with Gasteiger partial charge in [-0.1, -0.05) is 0 Å². The van der Waals surface area contributed by atoms with E-state index in [1.165, 1.54) is 0 Å². The van der Waals surface area contributed by atoms with Crippen LogP contribution >= 0.6 is 0 Å². The number of benzene rings is 1. The summed E-state index contributed by atoms with van der Waals surface area (Å²) in [5, 5.41) is 12.1. The maximum absolute atomic E-state index is 11.4. The molecule has 2 N–H and O–H groups in total. The highest BCUT2D eigenvalue weighted by Gasteiger charge is 2.15. The van der Waals surface area contributed by atoms with Crippen LogP contribution in [0.5, 0.6) is 0 Å². The van der Waals surface area contributed by atoms with Gasteiger partial charge in [-0.2, -0.15) is 0 Å². The molecule has 1 aromatic carbocycles. The van der Waals surface area contributed by atoms with E-state index in [1.807, 2.05) is 20.8 Å². The average Bonchev–Trinajstić information content (AvgIpc) is 2.48. The molecule has 0 aliphatic rings. The minimum absolute atomic E-state index is 0.00849. The molecule has 0 spiro atoms. The van der Waals surface area contributed by atoms with E-state index in [2.05, 4.69) is 5.32 Å². The molecule has 6 heteroatoms. The molecule has 0 saturated carbocycles. The number of carbonyl (C=O) groups is 2. The molecule has 0 atom stereocenters. The van der Waals surface area contributed by atoms with Crippen molar-refractivity contribution in [3.63, 3.8) is 0 Å². The highest BCUT2D eigenvalue weighted by molar-refractivity contribution is 5.87. The van der Waals surface area contributed by atoms with Crippen LogP contribution in [0, 0.1) is 0 Å². The Kier molecular flexibility index (Phi) is 8.26. The smallest absolute Gasteiger partial charge is 0.335 e. The van der Waals surface area contributed by atoms with Crippen molar-refractivity contribution in [2.45, 2.75) is 45.6 Å². The number of esters is 1. The highest BCUT2D eigenvalue weighted by atomic mass is 16.6. The van der Waals surface area contributed by atoms with Gasteiger partial charge >= 0.3 is 11.9 Å². The maximum Gasteiger partial charge on any atom is 0.335 e. The molecule has 6 nitrogen and oxygen atoms in total. The van der Waals surface area contributed by atoms with Crippen molar-refractivity contribution in [1.82, 2.24) is 0 Å². The number of unbranched alkanes of at least 4 members (excludes halogenated alkanes) is 2. The lowest BCUT2D eigenvalue weighted by Crippen LogP contribution is -2.26. The van der Waals surface area contributed by atoms with E-state index in [9.17, 15) is 9.59 Å². The fourth-order valence-electron chi connectivity index (χ4n) is 2.00. The van der Waals surface area contributed by atoms with Gasteiger partial charge in [-0.15, -0.1) is 0 Å². The van der Waals surface area contributed by atoms with E-state index in [1.54, 1.807) is 24.3 Å². The minimum Gasteiger partial charge on any atom is -0.478 e. The van der Waals surface area contributed by atoms with Crippen molar-refractivity contribution >= 4 is 17.6 Å². The van der Waals surface area contributed by atoms with Crippen LogP contribution in [0.15, 0.2) is 24.3 Å². The van der Waals surface area contributed by atoms with Crippen LogP contribution in [0.4, 0.5) is 5.69 Å². The van der Waals surface area contributed by atoms with Gasteiger partial charge in [0.2, 0.25) is 0 Å². The molecule has 0 fully saturated rings. The van der Waals surface area contributed by atoms with Gasteiger partial charge in [-0.3, -0.25) is 0 Å². The third kappa shape index (κ3) is 9.15. The number of nitrogens with one attached hydrogen (secondary N) is 1. The quantitative estimate of drug-likeness (QED) is 0.503. The number of anilines is 1. The first-order chi connectivity index (χ1) is 11.3. The summed E-state index contributed by atoms with van der Waals surface area (Å²) in [5.41, 5.74) is 0.707. The van der Waals surface area contributed by atoms with Crippen molar-refractivity contribution in [1.29, 1.82) is 0 Å². The predicted molar refractivity (Wildman–Crippen MR) is 92.4 cm³/mol. The standard InChI is InChI=1S/C18H27NO5/c1-18(2,3)24-16(20)13-23-12-6-4-5-11-19-15-9-7-14(8-10-15)17(21)22/h7-10,19H,4-6,11-13H2,1-3H3,(H,21,22). The van der Waals surface area contributed by atoms with Gasteiger partial charge in [-0.25, -0.2) is 9.59 Å². The van der Waals surface area contributed by atoms with Gasteiger partial charge in [0.15, 0.2) is 0 Å². The first-order valence-corrected chi connectivity index (χ1v) is 8.15. The lowest BCUT2D eigenvalue weighted by atomic mass is 10.2. The molecular weight excluding hydrogens is 310 g/mol. The Morgan fingerprint density at radius 1 is 1.08 bits per heavy atom. The molecule has 24 heavy (non-hydrogen) atoms. The van der Waals surface area contributed by atoms with E-state index in [-0.39, 0.29) is 18.1 Å². The molecule has 0 aliphatic carbocycles. The Bertz CT molecular complexity index is 519. The highest BCUT2D eigenvalue weighted by Crippen LogP contribution is 2.10. The number of aromatic carboxylic acids is 1. The Morgan fingerprint density at radius 3 is 2.33 bits per heavy atom. The molecule has 0 bridgehead atoms. The Balaban J connectivity index is 2.02. The molecule has 134 valence electrons. The van der Waals surface area contributed by atoms with Crippen molar-refractivity contribution in [2.24, 2.45) is 0 Å². The van der Waals surface area contributed by atoms with E-state index in [0.717, 1.165) is 31.5 Å². The average molecular weight is 337 g/mol.